The van der Waals surface area contributed by atoms with Crippen LogP contribution in [-0.2, 0) is 29.5 Å². The molecule has 0 amide bonds. The largest absolute Gasteiger partial charge is 0.507 e. The molecule has 0 bridgehead atoms. The van der Waals surface area contributed by atoms with Crippen molar-refractivity contribution in [3.8, 4) is 5.75 Å². The number of halogens is 9. The van der Waals surface area contributed by atoms with Crippen LogP contribution in [0.4, 0.5) is 39.5 Å². The molecule has 162 valence electrons. The Hall–Kier alpha value is -1.76. The van der Waals surface area contributed by atoms with Crippen LogP contribution >= 0.6 is 0 Å². The summed E-state index contributed by atoms with van der Waals surface area (Å²) in [6.45, 7) is 0. The monoisotopic (exact) mass is 490 g/mol. The quantitative estimate of drug-likeness (QED) is 0.645. The van der Waals surface area contributed by atoms with E-state index >= 15 is 0 Å². The summed E-state index contributed by atoms with van der Waals surface area (Å²) in [6.07, 6.45) is 0. The second-order valence-electron chi connectivity index (χ2n) is 4.59. The van der Waals surface area contributed by atoms with Crippen molar-refractivity contribution in [2.75, 3.05) is 0 Å². The lowest BCUT2D eigenvalue weighted by Gasteiger charge is -2.19. The second kappa shape index (κ2) is 6.37. The van der Waals surface area contributed by atoms with Gasteiger partial charge in [0.15, 0.2) is 0 Å². The van der Waals surface area contributed by atoms with Crippen molar-refractivity contribution >= 4 is 29.5 Å². The normalized spacial score (nSPS) is 14.9. The van der Waals surface area contributed by atoms with Gasteiger partial charge in [-0.3, -0.25) is 0 Å². The molecule has 0 saturated carbocycles. The zero-order chi connectivity index (χ0) is 22.7. The number of rotatable bonds is 3. The molecule has 0 atom stereocenters. The van der Waals surface area contributed by atoms with E-state index in [0.29, 0.717) is 0 Å². The van der Waals surface area contributed by atoms with Crippen molar-refractivity contribution in [1.29, 1.82) is 0 Å². The molecule has 0 aliphatic heterocycles. The van der Waals surface area contributed by atoms with Crippen LogP contribution in [0.15, 0.2) is 26.8 Å². The van der Waals surface area contributed by atoms with Gasteiger partial charge in [0, 0.05) is 0 Å². The molecule has 1 rings (SSSR count). The molecule has 28 heavy (non-hydrogen) atoms. The van der Waals surface area contributed by atoms with Gasteiger partial charge >= 0.3 is 16.5 Å². The van der Waals surface area contributed by atoms with Crippen molar-refractivity contribution in [3.05, 3.63) is 12.1 Å². The molecule has 0 heterocycles. The predicted octanol–water partition coefficient (Wildman–Crippen LogP) is 2.27. The van der Waals surface area contributed by atoms with E-state index in [0.717, 1.165) is 0 Å². The van der Waals surface area contributed by atoms with Crippen LogP contribution in [0.25, 0.3) is 0 Å². The molecule has 0 aliphatic rings. The Morgan fingerprint density at radius 2 is 0.893 bits per heavy atom. The van der Waals surface area contributed by atoms with Crippen LogP contribution in [0.5, 0.6) is 5.75 Å². The molecule has 19 heteroatoms. The van der Waals surface area contributed by atoms with Crippen LogP contribution in [0, 0.1) is 0 Å². The molecule has 7 nitrogen and oxygen atoms in total. The minimum Gasteiger partial charge on any atom is -0.507 e. The molecule has 0 fully saturated rings. The average molecular weight is 490 g/mol. The molecule has 1 aromatic rings. The average Bonchev–Trinajstić information content (AvgIpc) is 2.42. The zero-order valence-corrected chi connectivity index (χ0v) is 14.6. The first-order valence-electron chi connectivity index (χ1n) is 5.81. The number of aromatic hydroxyl groups is 1. The van der Waals surface area contributed by atoms with E-state index in [1.807, 2.05) is 0 Å². The molecule has 0 spiro atoms. The first kappa shape index (κ1) is 24.3. The minimum atomic E-state index is -7.47. The van der Waals surface area contributed by atoms with Crippen LogP contribution in [0.3, 0.4) is 0 Å². The molecule has 0 aliphatic carbocycles. The lowest BCUT2D eigenvalue weighted by atomic mass is 10.3. The van der Waals surface area contributed by atoms with Gasteiger partial charge in [0.25, 0.3) is 29.5 Å². The van der Waals surface area contributed by atoms with E-state index in [1.165, 1.54) is 0 Å². The minimum absolute atomic E-state index is 0.452. The van der Waals surface area contributed by atoms with Gasteiger partial charge < -0.3 is 5.11 Å². The van der Waals surface area contributed by atoms with Crippen molar-refractivity contribution < 1.29 is 69.9 Å². The van der Waals surface area contributed by atoms with Crippen LogP contribution < -0.4 is 0 Å². The Morgan fingerprint density at radius 3 is 1.21 bits per heavy atom. The Morgan fingerprint density at radius 1 is 0.571 bits per heavy atom. The van der Waals surface area contributed by atoms with Gasteiger partial charge in [-0.1, -0.05) is 0 Å². The maximum absolute atomic E-state index is 12.8. The predicted molar refractivity (Wildman–Crippen MR) is 67.8 cm³/mol. The highest BCUT2D eigenvalue weighted by Gasteiger charge is 2.59. The summed E-state index contributed by atoms with van der Waals surface area (Å²) in [5.41, 5.74) is -19.9. The standard InChI is InChI=1S/C9H3F9O7S3/c10-7(11,12)26(20,21)4-2-1-3(19)5(27(22,23)8(13,14)15)6(4)28(24,25)9(16,17)18/h1-2,19H. The van der Waals surface area contributed by atoms with E-state index < -0.39 is 78.6 Å². The van der Waals surface area contributed by atoms with Gasteiger partial charge in [0.2, 0.25) is 0 Å². The highest BCUT2D eigenvalue weighted by molar-refractivity contribution is 7.97. The highest BCUT2D eigenvalue weighted by Crippen LogP contribution is 2.47. The highest BCUT2D eigenvalue weighted by atomic mass is 32.2. The van der Waals surface area contributed by atoms with Crippen LogP contribution in [0.2, 0.25) is 0 Å². The summed E-state index contributed by atoms with van der Waals surface area (Å²) in [4.78, 5) is -9.63. The third-order valence-electron chi connectivity index (χ3n) is 2.80. The van der Waals surface area contributed by atoms with Crippen molar-refractivity contribution in [2.45, 2.75) is 31.2 Å². The van der Waals surface area contributed by atoms with E-state index in [9.17, 15) is 69.9 Å². The lowest BCUT2D eigenvalue weighted by Crippen LogP contribution is -2.33. The summed E-state index contributed by atoms with van der Waals surface area (Å²) < 4.78 is 183. The topological polar surface area (TPSA) is 123 Å². The number of phenols is 1. The van der Waals surface area contributed by atoms with Gasteiger partial charge in [-0.25, -0.2) is 25.3 Å². The number of hydrogen-bond donors (Lipinski definition) is 1. The maximum atomic E-state index is 12.8. The number of benzene rings is 1. The molecular formula is C9H3F9O7S3. The number of phenolic OH excluding ortho intramolecular Hbond substituents is 1. The first-order valence-corrected chi connectivity index (χ1v) is 10.3. The fraction of sp³-hybridized carbons (Fsp3) is 0.333. The summed E-state index contributed by atoms with van der Waals surface area (Å²) in [6, 6.07) is -1.08. The van der Waals surface area contributed by atoms with Crippen molar-refractivity contribution in [1.82, 2.24) is 0 Å². The third kappa shape index (κ3) is 3.61. The summed E-state index contributed by atoms with van der Waals surface area (Å²) in [5.74, 6) is -2.39. The van der Waals surface area contributed by atoms with Gasteiger partial charge in [-0.05, 0) is 12.1 Å². The van der Waals surface area contributed by atoms with Gasteiger partial charge in [0.05, 0.1) is 4.90 Å². The van der Waals surface area contributed by atoms with E-state index in [2.05, 4.69) is 0 Å². The summed E-state index contributed by atoms with van der Waals surface area (Å²) >= 11 is 0. The molecule has 0 radical (unpaired) electrons. The fourth-order valence-corrected chi connectivity index (χ4v) is 5.68. The third-order valence-corrected chi connectivity index (χ3v) is 7.71. The van der Waals surface area contributed by atoms with Crippen molar-refractivity contribution in [2.24, 2.45) is 0 Å². The number of hydrogen-bond acceptors (Lipinski definition) is 7. The Kier molecular flexibility index (Phi) is 5.53. The molecule has 0 aromatic heterocycles. The van der Waals surface area contributed by atoms with Crippen LogP contribution in [-0.4, -0.2) is 46.9 Å². The lowest BCUT2D eigenvalue weighted by molar-refractivity contribution is -0.0466. The van der Waals surface area contributed by atoms with E-state index in [1.54, 1.807) is 0 Å². The summed E-state index contributed by atoms with van der Waals surface area (Å²) in [7, 11) is -21.9. The van der Waals surface area contributed by atoms with Gasteiger partial charge in [0.1, 0.15) is 15.5 Å². The molecule has 0 unspecified atom stereocenters. The number of alkyl halides is 9. The first-order chi connectivity index (χ1) is 12.0. The van der Waals surface area contributed by atoms with E-state index in [-0.39, 0.29) is 0 Å². The van der Waals surface area contributed by atoms with Gasteiger partial charge in [-0.15, -0.1) is 0 Å². The maximum Gasteiger partial charge on any atom is 0.502 e. The smallest absolute Gasteiger partial charge is 0.502 e. The van der Waals surface area contributed by atoms with Crippen molar-refractivity contribution in [3.63, 3.8) is 0 Å². The zero-order valence-electron chi connectivity index (χ0n) is 12.2. The Bertz CT molecular complexity index is 1110. The molecular weight excluding hydrogens is 487 g/mol. The second-order valence-corrected chi connectivity index (χ2v) is 10.3. The Labute approximate surface area is 149 Å². The van der Waals surface area contributed by atoms with E-state index in [4.69, 9.17) is 0 Å². The van der Waals surface area contributed by atoms with Crippen LogP contribution in [0.1, 0.15) is 0 Å². The molecule has 0 saturated heterocycles. The number of sulfone groups is 3. The Balaban J connectivity index is 4.45. The van der Waals surface area contributed by atoms with Gasteiger partial charge in [-0.2, -0.15) is 39.5 Å². The molecule has 1 aromatic carbocycles. The fourth-order valence-electron chi connectivity index (χ4n) is 1.62. The SMILES string of the molecule is O=S(=O)(c1ccc(O)c(S(=O)(=O)C(F)(F)F)c1S(=O)(=O)C(F)(F)F)C(F)(F)F. The summed E-state index contributed by atoms with van der Waals surface area (Å²) in [5, 5.41) is 9.23. The molecule has 1 N–H and O–H groups in total.